The van der Waals surface area contributed by atoms with Crippen molar-refractivity contribution in [1.29, 1.82) is 0 Å². The van der Waals surface area contributed by atoms with Crippen LogP contribution in [0.4, 0.5) is 4.79 Å². The second-order valence-corrected chi connectivity index (χ2v) is 6.16. The van der Waals surface area contributed by atoms with E-state index in [1.54, 1.807) is 13.8 Å². The molecule has 6 nitrogen and oxygen atoms in total. The Kier molecular flexibility index (Phi) is 2.67. The molecule has 3 rings (SSSR count). The van der Waals surface area contributed by atoms with Crippen molar-refractivity contribution in [3.05, 3.63) is 0 Å². The number of fused-ring (bicyclic) bond motifs is 1. The van der Waals surface area contributed by atoms with E-state index in [9.17, 15) is 14.4 Å². The van der Waals surface area contributed by atoms with Gasteiger partial charge in [-0.2, -0.15) is 0 Å². The number of rotatable bonds is 1. The Morgan fingerprint density at radius 2 is 1.84 bits per heavy atom. The van der Waals surface area contributed by atoms with Crippen LogP contribution in [0.3, 0.4) is 0 Å². The second-order valence-electron chi connectivity index (χ2n) is 6.16. The van der Waals surface area contributed by atoms with Crippen LogP contribution in [0, 0.1) is 5.41 Å². The van der Waals surface area contributed by atoms with Gasteiger partial charge in [0.15, 0.2) is 0 Å². The highest BCUT2D eigenvalue weighted by atomic mass is 16.2. The minimum Gasteiger partial charge on any atom is -0.298 e. The molecule has 0 spiro atoms. The number of imide groups is 2. The van der Waals surface area contributed by atoms with Crippen molar-refractivity contribution < 1.29 is 14.4 Å². The van der Waals surface area contributed by atoms with Gasteiger partial charge in [-0.1, -0.05) is 0 Å². The number of nitrogens with one attached hydrogen (secondary N) is 1. The summed E-state index contributed by atoms with van der Waals surface area (Å²) in [6.07, 6.45) is 2.96. The van der Waals surface area contributed by atoms with Crippen LogP contribution in [0.2, 0.25) is 0 Å². The summed E-state index contributed by atoms with van der Waals surface area (Å²) in [5.74, 6) is -0.861. The Morgan fingerprint density at radius 1 is 1.11 bits per heavy atom. The first kappa shape index (κ1) is 12.6. The molecule has 3 saturated heterocycles. The minimum absolute atomic E-state index is 0.0811. The lowest BCUT2D eigenvalue weighted by Crippen LogP contribution is -2.65. The van der Waals surface area contributed by atoms with E-state index in [0.717, 1.165) is 32.4 Å². The summed E-state index contributed by atoms with van der Waals surface area (Å²) in [5.41, 5.74) is -1.15. The molecule has 0 aromatic rings. The van der Waals surface area contributed by atoms with Crippen molar-refractivity contribution in [2.24, 2.45) is 5.41 Å². The summed E-state index contributed by atoms with van der Waals surface area (Å²) in [6.45, 7) is 5.13. The van der Waals surface area contributed by atoms with Crippen LogP contribution >= 0.6 is 0 Å². The molecule has 6 heteroatoms. The maximum atomic E-state index is 12.5. The summed E-state index contributed by atoms with van der Waals surface area (Å²) in [6, 6.07) is -0.353. The highest BCUT2D eigenvalue weighted by molar-refractivity contribution is 6.18. The molecule has 0 aromatic carbocycles. The molecule has 0 aliphatic carbocycles. The lowest BCUT2D eigenvalue weighted by molar-refractivity contribution is -0.150. The molecular formula is C13H19N3O3. The first-order valence-electron chi connectivity index (χ1n) is 6.86. The summed E-state index contributed by atoms with van der Waals surface area (Å²) in [4.78, 5) is 39.9. The molecule has 1 N–H and O–H groups in total. The van der Waals surface area contributed by atoms with Crippen LogP contribution in [0.1, 0.15) is 33.1 Å². The zero-order chi connectivity index (χ0) is 13.8. The van der Waals surface area contributed by atoms with E-state index in [2.05, 4.69) is 10.2 Å². The average molecular weight is 265 g/mol. The topological polar surface area (TPSA) is 69.7 Å². The minimum atomic E-state index is -1.15. The van der Waals surface area contributed by atoms with Crippen LogP contribution in [0.15, 0.2) is 0 Å². The van der Waals surface area contributed by atoms with Gasteiger partial charge in [0, 0.05) is 12.6 Å². The van der Waals surface area contributed by atoms with E-state index in [4.69, 9.17) is 0 Å². The zero-order valence-electron chi connectivity index (χ0n) is 11.3. The number of barbiturate groups is 1. The van der Waals surface area contributed by atoms with Crippen LogP contribution in [-0.4, -0.2) is 52.8 Å². The molecule has 4 amide bonds. The van der Waals surface area contributed by atoms with Crippen molar-refractivity contribution in [1.82, 2.24) is 15.1 Å². The summed E-state index contributed by atoms with van der Waals surface area (Å²) in [5, 5.41) is 2.32. The van der Waals surface area contributed by atoms with E-state index in [0.29, 0.717) is 0 Å². The van der Waals surface area contributed by atoms with Crippen molar-refractivity contribution in [2.75, 3.05) is 13.1 Å². The molecular weight excluding hydrogens is 246 g/mol. The first-order chi connectivity index (χ1) is 8.93. The Labute approximate surface area is 112 Å². The van der Waals surface area contributed by atoms with Gasteiger partial charge >= 0.3 is 6.03 Å². The highest BCUT2D eigenvalue weighted by Crippen LogP contribution is 2.35. The Bertz CT molecular complexity index is 460. The molecule has 2 atom stereocenters. The number of carbonyl (C=O) groups is 3. The molecule has 0 radical (unpaired) electrons. The number of hydrogen-bond donors (Lipinski definition) is 1. The molecule has 3 heterocycles. The number of hydrogen-bond acceptors (Lipinski definition) is 4. The van der Waals surface area contributed by atoms with E-state index in [1.807, 2.05) is 0 Å². The molecule has 3 fully saturated rings. The maximum Gasteiger partial charge on any atom is 0.331 e. The van der Waals surface area contributed by atoms with Crippen molar-refractivity contribution in [3.63, 3.8) is 0 Å². The van der Waals surface area contributed by atoms with Gasteiger partial charge < -0.3 is 0 Å². The lowest BCUT2D eigenvalue weighted by atomic mass is 9.87. The van der Waals surface area contributed by atoms with E-state index >= 15 is 0 Å². The predicted octanol–water partition coefficient (Wildman–Crippen LogP) is 0.328. The first-order valence-corrected chi connectivity index (χ1v) is 6.86. The summed E-state index contributed by atoms with van der Waals surface area (Å²) < 4.78 is 0. The fraction of sp³-hybridized carbons (Fsp3) is 0.769. The molecule has 104 valence electrons. The molecule has 0 aromatic heterocycles. The van der Waals surface area contributed by atoms with Crippen molar-refractivity contribution in [2.45, 2.75) is 45.2 Å². The molecule has 3 aliphatic heterocycles. The number of urea groups is 1. The van der Waals surface area contributed by atoms with Gasteiger partial charge in [-0.3, -0.25) is 24.7 Å². The Morgan fingerprint density at radius 3 is 2.58 bits per heavy atom. The van der Waals surface area contributed by atoms with Gasteiger partial charge in [0.05, 0.1) is 6.04 Å². The maximum absolute atomic E-state index is 12.5. The number of amides is 4. The number of nitrogens with zero attached hydrogens (tertiary/aromatic N) is 2. The van der Waals surface area contributed by atoms with Gasteiger partial charge in [-0.05, 0) is 39.7 Å². The molecule has 19 heavy (non-hydrogen) atoms. The third kappa shape index (κ3) is 1.69. The fourth-order valence-corrected chi connectivity index (χ4v) is 3.46. The van der Waals surface area contributed by atoms with Gasteiger partial charge in [-0.25, -0.2) is 4.79 Å². The third-order valence-electron chi connectivity index (χ3n) is 4.66. The summed E-state index contributed by atoms with van der Waals surface area (Å²) in [7, 11) is 0. The largest absolute Gasteiger partial charge is 0.331 e. The monoisotopic (exact) mass is 265 g/mol. The molecule has 0 saturated carbocycles. The van der Waals surface area contributed by atoms with Crippen LogP contribution in [0.25, 0.3) is 0 Å². The van der Waals surface area contributed by atoms with Gasteiger partial charge in [0.1, 0.15) is 5.41 Å². The normalized spacial score (nSPS) is 34.6. The van der Waals surface area contributed by atoms with Gasteiger partial charge in [0.2, 0.25) is 11.8 Å². The van der Waals surface area contributed by atoms with Gasteiger partial charge in [0.25, 0.3) is 0 Å². The number of carbonyl (C=O) groups excluding carboxylic acids is 3. The predicted molar refractivity (Wildman–Crippen MR) is 67.2 cm³/mol. The molecule has 3 aliphatic rings. The van der Waals surface area contributed by atoms with Crippen molar-refractivity contribution >= 4 is 17.8 Å². The average Bonchev–Trinajstić information content (AvgIpc) is 2.91. The van der Waals surface area contributed by atoms with Gasteiger partial charge in [-0.15, -0.1) is 0 Å². The van der Waals surface area contributed by atoms with E-state index in [-0.39, 0.29) is 18.0 Å². The SMILES string of the molecule is CC1(C)C(=O)NC(=O)N(C2CCN3CCCC23)C1=O. The molecule has 2 unspecified atom stereocenters. The van der Waals surface area contributed by atoms with Crippen LogP contribution < -0.4 is 5.32 Å². The lowest BCUT2D eigenvalue weighted by Gasteiger charge is -2.39. The highest BCUT2D eigenvalue weighted by Gasteiger charge is 2.52. The second kappa shape index (κ2) is 4.03. The van der Waals surface area contributed by atoms with E-state index in [1.165, 1.54) is 4.90 Å². The quantitative estimate of drug-likeness (QED) is 0.694. The van der Waals surface area contributed by atoms with Crippen LogP contribution in [-0.2, 0) is 9.59 Å². The standard InChI is InChI=1S/C13H19N3O3/c1-13(2)10(17)14-12(19)16(11(13)18)9-5-7-15-6-3-4-8(9)15/h8-9H,3-7H2,1-2H3,(H,14,17,19). The molecule has 0 bridgehead atoms. The zero-order valence-corrected chi connectivity index (χ0v) is 11.3. The third-order valence-corrected chi connectivity index (χ3v) is 4.66. The Hall–Kier alpha value is -1.43. The van der Waals surface area contributed by atoms with Crippen LogP contribution in [0.5, 0.6) is 0 Å². The summed E-state index contributed by atoms with van der Waals surface area (Å²) >= 11 is 0. The Balaban J connectivity index is 1.89. The smallest absolute Gasteiger partial charge is 0.298 e. The fourth-order valence-electron chi connectivity index (χ4n) is 3.46. The van der Waals surface area contributed by atoms with E-state index < -0.39 is 17.4 Å². The van der Waals surface area contributed by atoms with Crippen molar-refractivity contribution in [3.8, 4) is 0 Å².